The van der Waals surface area contributed by atoms with Crippen molar-refractivity contribution in [2.24, 2.45) is 0 Å². The van der Waals surface area contributed by atoms with Gasteiger partial charge in [0.05, 0.1) is 26.4 Å². The van der Waals surface area contributed by atoms with E-state index in [0.29, 0.717) is 19.8 Å². The van der Waals surface area contributed by atoms with Gasteiger partial charge in [-0.05, 0) is 6.92 Å². The highest BCUT2D eigenvalue weighted by atomic mass is 16.5. The lowest BCUT2D eigenvalue weighted by molar-refractivity contribution is -0.154. The summed E-state index contributed by atoms with van der Waals surface area (Å²) < 4.78 is 14.3. The van der Waals surface area contributed by atoms with E-state index in [1.807, 2.05) is 0 Å². The number of esters is 1. The number of rotatable bonds is 7. The van der Waals surface area contributed by atoms with Gasteiger partial charge in [0.15, 0.2) is 0 Å². The molecule has 88 valence electrons. The van der Waals surface area contributed by atoms with Crippen molar-refractivity contribution < 1.29 is 23.8 Å². The molecule has 0 aliphatic heterocycles. The zero-order chi connectivity index (χ0) is 11.5. The first-order valence-electron chi connectivity index (χ1n) is 4.74. The summed E-state index contributed by atoms with van der Waals surface area (Å²) in [4.78, 5) is 21.8. The minimum atomic E-state index is -0.866. The molecule has 0 bridgehead atoms. The van der Waals surface area contributed by atoms with Crippen molar-refractivity contribution in [2.75, 3.05) is 40.1 Å². The Morgan fingerprint density at radius 3 is 2.53 bits per heavy atom. The Labute approximate surface area is 88.9 Å². The first-order valence-corrected chi connectivity index (χ1v) is 4.74. The van der Waals surface area contributed by atoms with Gasteiger partial charge in [0, 0.05) is 13.7 Å². The lowest BCUT2D eigenvalue weighted by Crippen LogP contribution is -2.34. The molecule has 0 spiro atoms. The summed E-state index contributed by atoms with van der Waals surface area (Å²) in [5.74, 6) is -1.61. The number of ether oxygens (including phenoxy) is 3. The van der Waals surface area contributed by atoms with Crippen LogP contribution in [-0.4, -0.2) is 52.0 Å². The number of carbonyl (C=O) groups is 2. The summed E-state index contributed by atoms with van der Waals surface area (Å²) in [6.45, 7) is 3.42. The van der Waals surface area contributed by atoms with Gasteiger partial charge in [0.1, 0.15) is 0 Å². The van der Waals surface area contributed by atoms with Crippen molar-refractivity contribution in [3.05, 3.63) is 0 Å². The van der Waals surface area contributed by atoms with E-state index in [1.54, 1.807) is 14.0 Å². The van der Waals surface area contributed by atoms with E-state index in [-0.39, 0.29) is 13.2 Å². The second kappa shape index (κ2) is 9.42. The molecule has 0 radical (unpaired) electrons. The van der Waals surface area contributed by atoms with Crippen molar-refractivity contribution >= 4 is 11.9 Å². The molecule has 15 heavy (non-hydrogen) atoms. The number of carbonyl (C=O) groups excluding carboxylic acids is 2. The first kappa shape index (κ1) is 13.9. The number of nitrogens with one attached hydrogen (secondary N) is 1. The van der Waals surface area contributed by atoms with E-state index in [0.717, 1.165) is 0 Å². The molecule has 0 heterocycles. The van der Waals surface area contributed by atoms with Crippen LogP contribution in [0.2, 0.25) is 0 Å². The third-order valence-corrected chi connectivity index (χ3v) is 1.42. The lowest BCUT2D eigenvalue weighted by Gasteiger charge is -2.05. The normalized spacial score (nSPS) is 9.73. The molecule has 0 aromatic carbocycles. The van der Waals surface area contributed by atoms with Gasteiger partial charge in [0.2, 0.25) is 0 Å². The van der Waals surface area contributed by atoms with Crippen molar-refractivity contribution in [1.82, 2.24) is 5.32 Å². The van der Waals surface area contributed by atoms with Crippen LogP contribution in [-0.2, 0) is 23.8 Å². The summed E-state index contributed by atoms with van der Waals surface area (Å²) in [6.07, 6.45) is 0. The smallest absolute Gasteiger partial charge is 0.396 e. The number of methoxy groups -OCH3 is 1. The lowest BCUT2D eigenvalue weighted by atomic mass is 10.5. The number of hydrogen-bond acceptors (Lipinski definition) is 5. The Balaban J connectivity index is 3.35. The van der Waals surface area contributed by atoms with Crippen LogP contribution in [0.15, 0.2) is 0 Å². The van der Waals surface area contributed by atoms with Gasteiger partial charge < -0.3 is 19.5 Å². The van der Waals surface area contributed by atoms with E-state index in [1.165, 1.54) is 0 Å². The molecule has 0 saturated carbocycles. The van der Waals surface area contributed by atoms with Gasteiger partial charge in [-0.15, -0.1) is 0 Å². The van der Waals surface area contributed by atoms with Crippen LogP contribution in [0, 0.1) is 0 Å². The second-order valence-electron chi connectivity index (χ2n) is 2.58. The maximum Gasteiger partial charge on any atom is 0.396 e. The second-order valence-corrected chi connectivity index (χ2v) is 2.58. The summed E-state index contributed by atoms with van der Waals surface area (Å²) in [7, 11) is 1.58. The highest BCUT2D eigenvalue weighted by Crippen LogP contribution is 1.79. The quantitative estimate of drug-likeness (QED) is 0.349. The van der Waals surface area contributed by atoms with Crippen LogP contribution < -0.4 is 5.32 Å². The fourth-order valence-electron chi connectivity index (χ4n) is 0.750. The van der Waals surface area contributed by atoms with E-state index in [9.17, 15) is 9.59 Å². The molecule has 0 aliphatic carbocycles. The zero-order valence-corrected chi connectivity index (χ0v) is 9.08. The molecule has 6 heteroatoms. The van der Waals surface area contributed by atoms with E-state index in [2.05, 4.69) is 10.1 Å². The molecule has 0 atom stereocenters. The van der Waals surface area contributed by atoms with Crippen molar-refractivity contribution in [3.8, 4) is 0 Å². The highest BCUT2D eigenvalue weighted by molar-refractivity contribution is 6.32. The van der Waals surface area contributed by atoms with Gasteiger partial charge >= 0.3 is 11.9 Å². The van der Waals surface area contributed by atoms with Gasteiger partial charge in [-0.3, -0.25) is 4.79 Å². The molecule has 0 unspecified atom stereocenters. The average molecular weight is 219 g/mol. The minimum absolute atomic E-state index is 0.191. The fourth-order valence-corrected chi connectivity index (χ4v) is 0.750. The largest absolute Gasteiger partial charge is 0.459 e. The Hall–Kier alpha value is -1.14. The Bertz CT molecular complexity index is 195. The van der Waals surface area contributed by atoms with Crippen LogP contribution in [0.4, 0.5) is 0 Å². The Kier molecular flexibility index (Phi) is 8.70. The van der Waals surface area contributed by atoms with Crippen molar-refractivity contribution in [3.63, 3.8) is 0 Å². The maximum absolute atomic E-state index is 11.0. The molecule has 0 saturated heterocycles. The SMILES string of the molecule is CCOC(=O)C(=O)NCCOCCOC. The summed E-state index contributed by atoms with van der Waals surface area (Å²) >= 11 is 0. The van der Waals surface area contributed by atoms with Crippen LogP contribution >= 0.6 is 0 Å². The monoisotopic (exact) mass is 219 g/mol. The van der Waals surface area contributed by atoms with E-state index in [4.69, 9.17) is 9.47 Å². The predicted octanol–water partition coefficient (Wildman–Crippen LogP) is -0.671. The minimum Gasteiger partial charge on any atom is -0.459 e. The number of amides is 1. The van der Waals surface area contributed by atoms with Crippen molar-refractivity contribution in [1.29, 1.82) is 0 Å². The summed E-state index contributed by atoms with van der Waals surface area (Å²) in [6, 6.07) is 0. The summed E-state index contributed by atoms with van der Waals surface area (Å²) in [5.41, 5.74) is 0. The molecule has 1 N–H and O–H groups in total. The topological polar surface area (TPSA) is 73.9 Å². The van der Waals surface area contributed by atoms with Crippen LogP contribution in [0.1, 0.15) is 6.92 Å². The van der Waals surface area contributed by atoms with Crippen LogP contribution in [0.25, 0.3) is 0 Å². The van der Waals surface area contributed by atoms with Gasteiger partial charge in [-0.2, -0.15) is 0 Å². The van der Waals surface area contributed by atoms with Crippen molar-refractivity contribution in [2.45, 2.75) is 6.92 Å². The van der Waals surface area contributed by atoms with E-state index < -0.39 is 11.9 Å². The zero-order valence-electron chi connectivity index (χ0n) is 9.08. The van der Waals surface area contributed by atoms with E-state index >= 15 is 0 Å². The Morgan fingerprint density at radius 1 is 1.20 bits per heavy atom. The number of hydrogen-bond donors (Lipinski definition) is 1. The molecule has 0 aromatic heterocycles. The Morgan fingerprint density at radius 2 is 1.93 bits per heavy atom. The maximum atomic E-state index is 11.0. The average Bonchev–Trinajstić information content (AvgIpc) is 2.23. The highest BCUT2D eigenvalue weighted by Gasteiger charge is 2.12. The first-order chi connectivity index (χ1) is 7.22. The van der Waals surface area contributed by atoms with Gasteiger partial charge in [-0.25, -0.2) is 4.79 Å². The fraction of sp³-hybridized carbons (Fsp3) is 0.778. The molecular formula is C9H17NO5. The van der Waals surface area contributed by atoms with Crippen LogP contribution in [0.5, 0.6) is 0 Å². The molecule has 0 aromatic rings. The predicted molar refractivity (Wildman–Crippen MR) is 52.3 cm³/mol. The third-order valence-electron chi connectivity index (χ3n) is 1.42. The molecule has 1 amide bonds. The molecule has 0 fully saturated rings. The summed E-state index contributed by atoms with van der Waals surface area (Å²) in [5, 5.41) is 2.36. The van der Waals surface area contributed by atoms with Crippen LogP contribution in [0.3, 0.4) is 0 Å². The molecule has 0 rings (SSSR count). The standard InChI is InChI=1S/C9H17NO5/c1-3-15-9(12)8(11)10-4-5-14-7-6-13-2/h3-7H2,1-2H3,(H,10,11). The molecule has 0 aliphatic rings. The molecule has 6 nitrogen and oxygen atoms in total. The molecular weight excluding hydrogens is 202 g/mol. The van der Waals surface area contributed by atoms with Gasteiger partial charge in [0.25, 0.3) is 0 Å². The van der Waals surface area contributed by atoms with Gasteiger partial charge in [-0.1, -0.05) is 0 Å². The third kappa shape index (κ3) is 7.90.